The lowest BCUT2D eigenvalue weighted by atomic mass is 9.93. The van der Waals surface area contributed by atoms with Gasteiger partial charge in [0.05, 0.1) is 67.5 Å². The van der Waals surface area contributed by atoms with Gasteiger partial charge in [-0.2, -0.15) is 11.8 Å². The van der Waals surface area contributed by atoms with Crippen molar-refractivity contribution in [3.8, 4) is 5.75 Å². The highest BCUT2D eigenvalue weighted by molar-refractivity contribution is 7.98. The number of hydrogen-bond acceptors (Lipinski definition) is 18. The molecule has 472 valence electrons. The zero-order chi connectivity index (χ0) is 62.9. The van der Waals surface area contributed by atoms with E-state index in [9.17, 15) is 72.9 Å². The topological polar surface area (TPSA) is 448 Å². The van der Waals surface area contributed by atoms with Crippen molar-refractivity contribution in [3.05, 3.63) is 35.4 Å². The first-order chi connectivity index (χ1) is 41.0. The number of urea groups is 1. The molecule has 86 heavy (non-hydrogen) atoms. The number of fused-ring (bicyclic) bond motifs is 5. The second kappa shape index (κ2) is 31.6. The highest BCUT2D eigenvalue weighted by Gasteiger charge is 2.45. The molecular formula is C54H77N13O17S2. The van der Waals surface area contributed by atoms with Crippen molar-refractivity contribution >= 4 is 104 Å². The molecule has 1 unspecified atom stereocenters. The summed E-state index contributed by atoms with van der Waals surface area (Å²) < 4.78 is 21.1. The molecular weight excluding hydrogens is 1170 g/mol. The van der Waals surface area contributed by atoms with Crippen LogP contribution in [0.25, 0.3) is 10.9 Å². The number of imide groups is 1. The van der Waals surface area contributed by atoms with Crippen molar-refractivity contribution in [3.63, 3.8) is 0 Å². The molecule has 1 saturated heterocycles. The maximum Gasteiger partial charge on any atom is 0.314 e. The van der Waals surface area contributed by atoms with Crippen molar-refractivity contribution in [2.24, 2.45) is 17.6 Å². The number of aromatic nitrogens is 1. The predicted molar refractivity (Wildman–Crippen MR) is 309 cm³/mol. The lowest BCUT2D eigenvalue weighted by Crippen LogP contribution is -2.62. The number of thioether (sulfide) groups is 1. The number of ether oxygens (including phenoxy) is 1. The molecule has 11 atom stereocenters. The molecule has 1 aromatic heterocycles. The molecule has 0 spiro atoms. The minimum atomic E-state index is -2.46. The number of nitrogens with two attached hydrogens (primary N) is 1. The van der Waals surface area contributed by atoms with Crippen molar-refractivity contribution < 1.29 is 81.8 Å². The number of H-pyrrole nitrogens is 1. The monoisotopic (exact) mass is 1240 g/mol. The van der Waals surface area contributed by atoms with Crippen LogP contribution in [-0.2, 0) is 75.7 Å². The van der Waals surface area contributed by atoms with Gasteiger partial charge in [0.15, 0.2) is 0 Å². The molecule has 4 aliphatic heterocycles. The highest BCUT2D eigenvalue weighted by atomic mass is 32.2. The van der Waals surface area contributed by atoms with Gasteiger partial charge >= 0.3 is 6.03 Å². The highest BCUT2D eigenvalue weighted by Crippen LogP contribution is 2.36. The Morgan fingerprint density at radius 3 is 2.17 bits per heavy atom. The van der Waals surface area contributed by atoms with E-state index in [0.29, 0.717) is 60.3 Å². The van der Waals surface area contributed by atoms with Crippen molar-refractivity contribution in [2.75, 3.05) is 64.5 Å². The molecule has 5 heterocycles. The Morgan fingerprint density at radius 1 is 0.826 bits per heavy atom. The molecule has 13 amide bonds. The first kappa shape index (κ1) is 67.4. The number of unbranched alkanes of at least 4 members (excludes halogenated alkanes) is 3. The number of methoxy groups -OCH3 is 1. The molecule has 4 aliphatic rings. The van der Waals surface area contributed by atoms with Gasteiger partial charge in [0, 0.05) is 79.5 Å². The number of carbonyl (C=O) groups is 12. The van der Waals surface area contributed by atoms with Crippen molar-refractivity contribution in [1.82, 2.24) is 62.6 Å². The maximum absolute atomic E-state index is 15.3. The smallest absolute Gasteiger partial charge is 0.314 e. The van der Waals surface area contributed by atoms with Gasteiger partial charge in [-0.15, -0.1) is 0 Å². The Morgan fingerprint density at radius 2 is 1.50 bits per heavy atom. The van der Waals surface area contributed by atoms with Gasteiger partial charge < -0.3 is 83.5 Å². The third kappa shape index (κ3) is 17.7. The van der Waals surface area contributed by atoms with Crippen LogP contribution in [0.2, 0.25) is 0 Å². The SMILES string of the molecule is CC[C@H](C)[C@@H]1NC(=O)CNC(=O)[C@@H]2Cc3c([nH]c4c(CSCCNC(=O)NCCCCCCN5C(=O)C=CC5=O)c(OC)ccc34)S(=O)C[C@H](NC(=O)CNC1=O)C(=O)N[C@@H](CC(N)=O)C(=O)N1C[C@H](O)C[C@H]1C(=O)N[C@@H]([C@@H](C)[C@@H](O)CO)C(=O)N2. The third-order valence-electron chi connectivity index (χ3n) is 15.3. The molecule has 32 heteroatoms. The van der Waals surface area contributed by atoms with E-state index < -0.39 is 182 Å². The fourth-order valence-corrected chi connectivity index (χ4v) is 12.5. The van der Waals surface area contributed by atoms with E-state index in [1.54, 1.807) is 26.0 Å². The summed E-state index contributed by atoms with van der Waals surface area (Å²) in [4.78, 5) is 168. The second-order valence-corrected chi connectivity index (χ2v) is 23.9. The summed E-state index contributed by atoms with van der Waals surface area (Å²) in [5.41, 5.74) is 6.44. The van der Waals surface area contributed by atoms with Gasteiger partial charge in [0.1, 0.15) is 47.0 Å². The molecule has 0 radical (unpaired) electrons. The van der Waals surface area contributed by atoms with E-state index in [0.717, 1.165) is 17.7 Å². The third-order valence-corrected chi connectivity index (χ3v) is 17.7. The molecule has 2 bridgehead atoms. The number of aromatic amines is 1. The average molecular weight is 1240 g/mol. The van der Waals surface area contributed by atoms with E-state index in [1.165, 1.54) is 42.8 Å². The van der Waals surface area contributed by atoms with Crippen LogP contribution in [0.1, 0.15) is 76.8 Å². The quantitative estimate of drug-likeness (QED) is 0.0438. The van der Waals surface area contributed by atoms with Crippen LogP contribution in [0.4, 0.5) is 4.79 Å². The summed E-state index contributed by atoms with van der Waals surface area (Å²) in [6, 6.07) is -7.47. The fraction of sp³-hybridized carbons (Fsp3) is 0.593. The summed E-state index contributed by atoms with van der Waals surface area (Å²) in [6.07, 6.45) is 0.638. The molecule has 1 aromatic carbocycles. The number of carbonyl (C=O) groups excluding carboxylic acids is 12. The van der Waals surface area contributed by atoms with E-state index in [4.69, 9.17) is 10.5 Å². The number of nitrogens with one attached hydrogen (secondary N) is 10. The second-order valence-electron chi connectivity index (χ2n) is 21.4. The molecule has 1 fully saturated rings. The molecule has 30 nitrogen and oxygen atoms in total. The predicted octanol–water partition coefficient (Wildman–Crippen LogP) is -4.60. The zero-order valence-electron chi connectivity index (χ0n) is 48.2. The summed E-state index contributed by atoms with van der Waals surface area (Å²) in [5.74, 6) is -11.9. The first-order valence-electron chi connectivity index (χ1n) is 28.3. The van der Waals surface area contributed by atoms with E-state index >= 15 is 4.21 Å². The van der Waals surface area contributed by atoms with E-state index in [2.05, 4.69) is 52.8 Å². The molecule has 0 aliphatic carbocycles. The van der Waals surface area contributed by atoms with Gasteiger partial charge in [0.2, 0.25) is 53.2 Å². The number of nitrogens with zero attached hydrogens (tertiary/aromatic N) is 2. The van der Waals surface area contributed by atoms with Crippen LogP contribution in [0.15, 0.2) is 29.3 Å². The Hall–Kier alpha value is -7.68. The normalized spacial score (nSPS) is 24.9. The largest absolute Gasteiger partial charge is 0.496 e. The summed E-state index contributed by atoms with van der Waals surface area (Å²) in [5, 5.41) is 55.0. The minimum absolute atomic E-state index is 0.0859. The molecule has 0 saturated carbocycles. The number of hydrogen-bond donors (Lipinski definition) is 14. The van der Waals surface area contributed by atoms with E-state index in [-0.39, 0.29) is 34.7 Å². The minimum Gasteiger partial charge on any atom is -0.496 e. The van der Waals surface area contributed by atoms with Crippen LogP contribution >= 0.6 is 11.8 Å². The Kier molecular flexibility index (Phi) is 24.8. The lowest BCUT2D eigenvalue weighted by molar-refractivity contribution is -0.144. The zero-order valence-corrected chi connectivity index (χ0v) is 49.8. The Balaban J connectivity index is 1.39. The first-order valence-corrected chi connectivity index (χ1v) is 30.8. The van der Waals surface area contributed by atoms with Gasteiger partial charge in [0.25, 0.3) is 11.8 Å². The van der Waals surface area contributed by atoms with Gasteiger partial charge in [-0.25, -0.2) is 4.79 Å². The number of benzene rings is 1. The average Bonchev–Trinajstić information content (AvgIpc) is 1.72. The van der Waals surface area contributed by atoms with Gasteiger partial charge in [-0.1, -0.05) is 40.0 Å². The fourth-order valence-electron chi connectivity index (χ4n) is 10.2. The van der Waals surface area contributed by atoms with E-state index in [1.807, 2.05) is 0 Å². The summed E-state index contributed by atoms with van der Waals surface area (Å²) in [7, 11) is -1.06. The number of aliphatic hydroxyl groups is 3. The number of aliphatic hydroxyl groups excluding tert-OH is 3. The molecule has 15 N–H and O–H groups in total. The van der Waals surface area contributed by atoms with Crippen LogP contribution < -0.4 is 58.3 Å². The van der Waals surface area contributed by atoms with Crippen LogP contribution in [0, 0.1) is 11.8 Å². The maximum atomic E-state index is 15.3. The Labute approximate surface area is 501 Å². The molecule has 2 aromatic rings. The standard InChI is InChI=1S/C54H77N13O17S2/c1-5-27(2)44-50(79)59-21-40(72)60-35-26-86(83)52-31(30-10-11-38(84-4)32(46(30)65-52)25-85-17-15-57-54(82)56-14-8-6-7-9-16-66-42(74)12-13-43(66)75)19-33(47(76)58-22-41(73)63-44)61-51(80)45(28(3)37(70)24-68)64-49(78)36-18-29(69)23-67(36)53(81)34(20-39(55)71)62-48(35)77/h10-13,27-29,33-37,44-45,65,68-70H,5-9,14-26H2,1-4H3,(H2,55,71)(H,58,76)(H,59,79)(H,60,72)(H,61,80)(H,62,77)(H,63,73)(H,64,78)(H2,56,57,82)/t27-,28-,29+,33-,34-,35-,36-,37-,44-,45-,86?/m0/s1. The van der Waals surface area contributed by atoms with Gasteiger partial charge in [-0.05, 0) is 36.5 Å². The van der Waals surface area contributed by atoms with Crippen molar-refractivity contribution in [2.45, 2.75) is 131 Å². The van der Waals surface area contributed by atoms with Crippen molar-refractivity contribution in [1.29, 1.82) is 0 Å². The number of rotatable bonds is 20. The van der Waals surface area contributed by atoms with Crippen LogP contribution in [-0.4, -0.2) is 218 Å². The molecule has 6 rings (SSSR count). The van der Waals surface area contributed by atoms with Crippen LogP contribution in [0.5, 0.6) is 5.75 Å². The number of primary amides is 1. The van der Waals surface area contributed by atoms with Gasteiger partial charge in [-0.3, -0.25) is 61.8 Å². The summed E-state index contributed by atoms with van der Waals surface area (Å²) >= 11 is 1.36. The van der Waals surface area contributed by atoms with Crippen LogP contribution in [0.3, 0.4) is 0 Å². The summed E-state index contributed by atoms with van der Waals surface area (Å²) in [6.45, 7) is 2.54. The lowest BCUT2D eigenvalue weighted by Gasteiger charge is -2.32. The Bertz CT molecular complexity index is 2940. The number of amides is 13.